The zero-order valence-corrected chi connectivity index (χ0v) is 8.51. The summed E-state index contributed by atoms with van der Waals surface area (Å²) in [6, 6.07) is 0.197. The summed E-state index contributed by atoms with van der Waals surface area (Å²) in [5.41, 5.74) is 0. The first kappa shape index (κ1) is 10.2. The van der Waals surface area contributed by atoms with Gasteiger partial charge in [0.25, 0.3) is 0 Å². The van der Waals surface area contributed by atoms with Crippen molar-refractivity contribution in [2.24, 2.45) is 0 Å². The van der Waals surface area contributed by atoms with Crippen molar-refractivity contribution in [1.29, 1.82) is 0 Å². The second kappa shape index (κ2) is 4.35. The molecule has 2 atom stereocenters. The molecule has 0 aromatic heterocycles. The molecular weight excluding hydrogens is 174 g/mol. The van der Waals surface area contributed by atoms with Gasteiger partial charge in [0.2, 0.25) is 0 Å². The lowest BCUT2D eigenvalue weighted by molar-refractivity contribution is 0.0766. The van der Waals surface area contributed by atoms with Crippen molar-refractivity contribution < 1.29 is 9.32 Å². The third-order valence-electron chi connectivity index (χ3n) is 2.49. The Labute approximate surface area is 76.2 Å². The molecule has 0 radical (unpaired) electrons. The van der Waals surface area contributed by atoms with Crippen LogP contribution < -0.4 is 0 Å². The Morgan fingerprint density at radius 1 is 1.33 bits per heavy atom. The number of aliphatic hydroxyl groups is 1. The SMILES string of the molecule is CC(O)C(C)N1CCS(=O)CC1. The van der Waals surface area contributed by atoms with Crippen LogP contribution in [0.5, 0.6) is 0 Å². The summed E-state index contributed by atoms with van der Waals surface area (Å²) >= 11 is 0. The van der Waals surface area contributed by atoms with Crippen LogP contribution in [-0.2, 0) is 10.8 Å². The van der Waals surface area contributed by atoms with Crippen LogP contribution in [0.1, 0.15) is 13.8 Å². The maximum absolute atomic E-state index is 11.0. The number of rotatable bonds is 2. The molecule has 1 rings (SSSR count). The Balaban J connectivity index is 2.38. The first-order valence-corrected chi connectivity index (χ1v) is 5.87. The van der Waals surface area contributed by atoms with Gasteiger partial charge >= 0.3 is 0 Å². The molecular formula is C8H17NO2S. The second-order valence-corrected chi connectivity index (χ2v) is 5.06. The predicted molar refractivity (Wildman–Crippen MR) is 50.6 cm³/mol. The number of aliphatic hydroxyl groups excluding tert-OH is 1. The van der Waals surface area contributed by atoms with Gasteiger partial charge in [-0.2, -0.15) is 0 Å². The van der Waals surface area contributed by atoms with Crippen molar-refractivity contribution in [1.82, 2.24) is 4.90 Å². The lowest BCUT2D eigenvalue weighted by Gasteiger charge is -2.33. The molecule has 3 nitrogen and oxygen atoms in total. The van der Waals surface area contributed by atoms with E-state index in [0.717, 1.165) is 24.6 Å². The zero-order valence-electron chi connectivity index (χ0n) is 7.69. The van der Waals surface area contributed by atoms with Crippen LogP contribution in [0.4, 0.5) is 0 Å². The Bertz CT molecular complexity index is 162. The van der Waals surface area contributed by atoms with Gasteiger partial charge < -0.3 is 5.11 Å². The fraction of sp³-hybridized carbons (Fsp3) is 1.00. The van der Waals surface area contributed by atoms with E-state index in [2.05, 4.69) is 4.90 Å². The smallest absolute Gasteiger partial charge is 0.0664 e. The Morgan fingerprint density at radius 2 is 1.83 bits per heavy atom. The van der Waals surface area contributed by atoms with Crippen LogP contribution in [0.3, 0.4) is 0 Å². The molecule has 1 N–H and O–H groups in total. The number of hydrogen-bond acceptors (Lipinski definition) is 3. The normalized spacial score (nSPS) is 26.9. The maximum Gasteiger partial charge on any atom is 0.0664 e. The Kier molecular flexibility index (Phi) is 3.68. The van der Waals surface area contributed by atoms with E-state index in [1.165, 1.54) is 0 Å². The molecule has 1 heterocycles. The summed E-state index contributed by atoms with van der Waals surface area (Å²) < 4.78 is 11.0. The quantitative estimate of drug-likeness (QED) is 0.658. The van der Waals surface area contributed by atoms with Crippen LogP contribution in [0.2, 0.25) is 0 Å². The van der Waals surface area contributed by atoms with Crippen molar-refractivity contribution in [2.45, 2.75) is 26.0 Å². The average molecular weight is 191 g/mol. The van der Waals surface area contributed by atoms with E-state index >= 15 is 0 Å². The standard InChI is InChI=1S/C8H17NO2S/c1-7(8(2)10)9-3-5-12(11)6-4-9/h7-8,10H,3-6H2,1-2H3. The highest BCUT2D eigenvalue weighted by Gasteiger charge is 2.22. The molecule has 1 saturated heterocycles. The average Bonchev–Trinajstić information content (AvgIpc) is 2.04. The van der Waals surface area contributed by atoms with Crippen LogP contribution in [-0.4, -0.2) is 51.0 Å². The molecule has 12 heavy (non-hydrogen) atoms. The van der Waals surface area contributed by atoms with E-state index in [4.69, 9.17) is 0 Å². The fourth-order valence-electron chi connectivity index (χ4n) is 1.36. The molecule has 0 aromatic rings. The monoisotopic (exact) mass is 191 g/mol. The maximum atomic E-state index is 11.0. The molecule has 0 bridgehead atoms. The zero-order chi connectivity index (χ0) is 9.14. The predicted octanol–water partition coefficient (Wildman–Crippen LogP) is -0.180. The van der Waals surface area contributed by atoms with Crippen LogP contribution in [0.25, 0.3) is 0 Å². The van der Waals surface area contributed by atoms with Crippen LogP contribution in [0.15, 0.2) is 0 Å². The third-order valence-corrected chi connectivity index (χ3v) is 3.76. The fourth-order valence-corrected chi connectivity index (χ4v) is 2.44. The highest BCUT2D eigenvalue weighted by atomic mass is 32.2. The summed E-state index contributed by atoms with van der Waals surface area (Å²) in [4.78, 5) is 2.20. The minimum absolute atomic E-state index is 0.197. The van der Waals surface area contributed by atoms with E-state index in [-0.39, 0.29) is 12.1 Å². The third kappa shape index (κ3) is 2.54. The molecule has 1 aliphatic heterocycles. The van der Waals surface area contributed by atoms with Gasteiger partial charge in [-0.25, -0.2) is 0 Å². The van der Waals surface area contributed by atoms with Crippen molar-refractivity contribution in [3.8, 4) is 0 Å². The highest BCUT2D eigenvalue weighted by molar-refractivity contribution is 7.85. The van der Waals surface area contributed by atoms with Crippen LogP contribution in [0, 0.1) is 0 Å². The number of nitrogens with zero attached hydrogens (tertiary/aromatic N) is 1. The van der Waals surface area contributed by atoms with Gasteiger partial charge in [-0.05, 0) is 13.8 Å². The minimum Gasteiger partial charge on any atom is -0.392 e. The van der Waals surface area contributed by atoms with Crippen molar-refractivity contribution in [3.05, 3.63) is 0 Å². The topological polar surface area (TPSA) is 40.5 Å². The molecule has 1 fully saturated rings. The molecule has 0 amide bonds. The van der Waals surface area contributed by atoms with Gasteiger partial charge in [0.1, 0.15) is 0 Å². The van der Waals surface area contributed by atoms with Crippen molar-refractivity contribution in [2.75, 3.05) is 24.6 Å². The van der Waals surface area contributed by atoms with Crippen molar-refractivity contribution in [3.63, 3.8) is 0 Å². The summed E-state index contributed by atoms with van der Waals surface area (Å²) in [6.45, 7) is 5.53. The molecule has 0 aromatic carbocycles. The van der Waals surface area contributed by atoms with Crippen LogP contribution >= 0.6 is 0 Å². The van der Waals surface area contributed by atoms with E-state index in [1.54, 1.807) is 6.92 Å². The highest BCUT2D eigenvalue weighted by Crippen LogP contribution is 2.08. The van der Waals surface area contributed by atoms with Gasteiger partial charge in [-0.15, -0.1) is 0 Å². The molecule has 0 saturated carbocycles. The largest absolute Gasteiger partial charge is 0.392 e. The van der Waals surface area contributed by atoms with Gasteiger partial charge in [0.05, 0.1) is 6.10 Å². The van der Waals surface area contributed by atoms with E-state index < -0.39 is 10.8 Å². The lowest BCUT2D eigenvalue weighted by Crippen LogP contribution is -2.47. The van der Waals surface area contributed by atoms with Gasteiger partial charge in [-0.1, -0.05) is 0 Å². The minimum atomic E-state index is -0.614. The summed E-state index contributed by atoms with van der Waals surface area (Å²) in [6.07, 6.45) is -0.295. The summed E-state index contributed by atoms with van der Waals surface area (Å²) in [5, 5.41) is 9.32. The Hall–Kier alpha value is 0.0700. The molecule has 0 aliphatic carbocycles. The molecule has 1 aliphatic rings. The van der Waals surface area contributed by atoms with E-state index in [1.807, 2.05) is 6.92 Å². The second-order valence-electron chi connectivity index (χ2n) is 3.37. The Morgan fingerprint density at radius 3 is 2.25 bits per heavy atom. The lowest BCUT2D eigenvalue weighted by atomic mass is 10.2. The number of hydrogen-bond donors (Lipinski definition) is 1. The van der Waals surface area contributed by atoms with Gasteiger partial charge in [-0.3, -0.25) is 9.11 Å². The molecule has 2 unspecified atom stereocenters. The summed E-state index contributed by atoms with van der Waals surface area (Å²) in [5.74, 6) is 1.52. The van der Waals surface area contributed by atoms with E-state index in [0.29, 0.717) is 0 Å². The van der Waals surface area contributed by atoms with Gasteiger partial charge in [0.15, 0.2) is 0 Å². The first-order chi connectivity index (χ1) is 5.61. The van der Waals surface area contributed by atoms with Crippen molar-refractivity contribution >= 4 is 10.8 Å². The molecule has 0 spiro atoms. The molecule has 4 heteroatoms. The van der Waals surface area contributed by atoms with Gasteiger partial charge in [0, 0.05) is 41.4 Å². The van der Waals surface area contributed by atoms with E-state index in [9.17, 15) is 9.32 Å². The molecule has 72 valence electrons. The first-order valence-electron chi connectivity index (χ1n) is 4.38. The summed E-state index contributed by atoms with van der Waals surface area (Å²) in [7, 11) is -0.614.